The fourth-order valence-electron chi connectivity index (χ4n) is 4.49. The third kappa shape index (κ3) is 8.09. The van der Waals surface area contributed by atoms with Crippen molar-refractivity contribution in [3.63, 3.8) is 0 Å². The van der Waals surface area contributed by atoms with Gasteiger partial charge in [0, 0.05) is 17.7 Å². The highest BCUT2D eigenvalue weighted by Gasteiger charge is 2.24. The van der Waals surface area contributed by atoms with E-state index in [0.717, 1.165) is 22.3 Å². The molecule has 2 unspecified atom stereocenters. The van der Waals surface area contributed by atoms with E-state index in [2.05, 4.69) is 10.3 Å². The predicted molar refractivity (Wildman–Crippen MR) is 164 cm³/mol. The van der Waals surface area contributed by atoms with Crippen molar-refractivity contribution in [2.45, 2.75) is 39.0 Å². The van der Waals surface area contributed by atoms with Crippen molar-refractivity contribution in [2.75, 3.05) is 25.2 Å². The Bertz CT molecular complexity index is 1470. The predicted octanol–water partition coefficient (Wildman–Crippen LogP) is 6.55. The number of aromatic nitrogens is 1. The van der Waals surface area contributed by atoms with Crippen molar-refractivity contribution >= 4 is 23.6 Å². The fourth-order valence-corrected chi connectivity index (χ4v) is 4.96. The number of oxazole rings is 1. The monoisotopic (exact) mass is 588 g/mol. The Labute approximate surface area is 250 Å². The molecule has 1 aromatic heterocycles. The molecule has 4 aromatic rings. The smallest absolute Gasteiger partial charge is 0.326 e. The Kier molecular flexibility index (Phi) is 11.3. The maximum atomic E-state index is 13.4. The zero-order valence-electron chi connectivity index (χ0n) is 24.0. The normalized spacial score (nSPS) is 12.5. The van der Waals surface area contributed by atoms with E-state index in [1.54, 1.807) is 12.3 Å². The summed E-state index contributed by atoms with van der Waals surface area (Å²) < 4.78 is 18.0. The Morgan fingerprint density at radius 3 is 2.52 bits per heavy atom. The highest BCUT2D eigenvalue weighted by molar-refractivity contribution is 7.98. The Balaban J connectivity index is 1.59. The molecule has 0 aliphatic rings. The van der Waals surface area contributed by atoms with Crippen molar-refractivity contribution in [1.82, 2.24) is 10.3 Å². The summed E-state index contributed by atoms with van der Waals surface area (Å²) >= 11 is 1.54. The van der Waals surface area contributed by atoms with Crippen molar-refractivity contribution in [2.24, 2.45) is 0 Å². The number of ether oxygens (including phenoxy) is 2. The summed E-state index contributed by atoms with van der Waals surface area (Å²) in [6.07, 6.45) is 3.41. The van der Waals surface area contributed by atoms with E-state index >= 15 is 0 Å². The molecule has 2 atom stereocenters. The highest BCUT2D eigenvalue weighted by Crippen LogP contribution is 2.30. The summed E-state index contributed by atoms with van der Waals surface area (Å²) in [4.78, 5) is 29.6. The summed E-state index contributed by atoms with van der Waals surface area (Å²) in [5.74, 6) is 0.202. The molecule has 42 heavy (non-hydrogen) atoms. The van der Waals surface area contributed by atoms with Crippen molar-refractivity contribution < 1.29 is 28.6 Å². The second kappa shape index (κ2) is 15.3. The highest BCUT2D eigenvalue weighted by atomic mass is 32.2. The number of hydrogen-bond acceptors (Lipinski definition) is 7. The van der Waals surface area contributed by atoms with Crippen LogP contribution < -0.4 is 5.32 Å². The molecule has 8 nitrogen and oxygen atoms in total. The topological polar surface area (TPSA) is 111 Å². The number of nitrogens with one attached hydrogen (secondary N) is 1. The SMILES string of the molecule is CCOCC(OCc1ccc(C(=O)NC(CCSC)C(=O)O)c(-c2ccccc2C)c1)c1cnc(-c2ccccc2)o1. The lowest BCUT2D eigenvalue weighted by molar-refractivity contribution is -0.139. The van der Waals surface area contributed by atoms with Gasteiger partial charge in [0.25, 0.3) is 5.91 Å². The minimum Gasteiger partial charge on any atom is -0.480 e. The summed E-state index contributed by atoms with van der Waals surface area (Å²) in [5.41, 5.74) is 4.69. The summed E-state index contributed by atoms with van der Waals surface area (Å²) in [6, 6.07) is 21.9. The van der Waals surface area contributed by atoms with Gasteiger partial charge < -0.3 is 24.3 Å². The van der Waals surface area contributed by atoms with Crippen LogP contribution in [0.4, 0.5) is 0 Å². The number of aryl methyl sites for hydroxylation is 1. The van der Waals surface area contributed by atoms with E-state index < -0.39 is 24.0 Å². The maximum Gasteiger partial charge on any atom is 0.326 e. The zero-order chi connectivity index (χ0) is 29.9. The molecule has 1 amide bonds. The van der Waals surface area contributed by atoms with Crippen molar-refractivity contribution in [1.29, 1.82) is 0 Å². The molecule has 3 aromatic carbocycles. The van der Waals surface area contributed by atoms with E-state index in [-0.39, 0.29) is 13.2 Å². The standard InChI is InChI=1S/C33H36N2O6S/c1-4-39-21-30(29-19-34-32(41-29)24-11-6-5-7-12-24)40-20-23-14-15-26(27(18-23)25-13-9-8-10-22(25)2)31(36)35-28(33(37)38)16-17-42-3/h5-15,18-19,28,30H,4,16-17,20-21H2,1-3H3,(H,35,36)(H,37,38). The average Bonchev–Trinajstić information content (AvgIpc) is 3.50. The lowest BCUT2D eigenvalue weighted by Gasteiger charge is -2.19. The first-order valence-corrected chi connectivity index (χ1v) is 15.2. The van der Waals surface area contributed by atoms with Gasteiger partial charge in [0.1, 0.15) is 12.1 Å². The number of carbonyl (C=O) groups excluding carboxylic acids is 1. The number of rotatable bonds is 15. The Hall–Kier alpha value is -3.92. The van der Waals surface area contributed by atoms with Gasteiger partial charge in [-0.1, -0.05) is 48.5 Å². The molecule has 9 heteroatoms. The van der Waals surface area contributed by atoms with Crippen LogP contribution in [0.3, 0.4) is 0 Å². The van der Waals surface area contributed by atoms with E-state index in [9.17, 15) is 14.7 Å². The molecule has 0 saturated carbocycles. The Morgan fingerprint density at radius 1 is 1.05 bits per heavy atom. The van der Waals surface area contributed by atoms with Gasteiger partial charge in [0.15, 0.2) is 5.76 Å². The minimum absolute atomic E-state index is 0.228. The number of thioether (sulfide) groups is 1. The third-order valence-electron chi connectivity index (χ3n) is 6.76. The molecule has 0 saturated heterocycles. The number of nitrogens with zero attached hydrogens (tertiary/aromatic N) is 1. The zero-order valence-corrected chi connectivity index (χ0v) is 24.9. The van der Waals surface area contributed by atoms with E-state index in [0.29, 0.717) is 41.6 Å². The van der Waals surface area contributed by atoms with Crippen LogP contribution in [0.2, 0.25) is 0 Å². The fraction of sp³-hybridized carbons (Fsp3) is 0.303. The van der Waals surface area contributed by atoms with Gasteiger partial charge in [-0.15, -0.1) is 0 Å². The molecule has 4 rings (SSSR count). The van der Waals surface area contributed by atoms with Crippen LogP contribution in [0.1, 0.15) is 46.7 Å². The van der Waals surface area contributed by atoms with Crippen LogP contribution in [0, 0.1) is 6.92 Å². The molecular weight excluding hydrogens is 552 g/mol. The van der Waals surface area contributed by atoms with Crippen LogP contribution in [-0.4, -0.2) is 53.2 Å². The number of carboxylic acids is 1. The number of carbonyl (C=O) groups is 2. The van der Waals surface area contributed by atoms with E-state index in [4.69, 9.17) is 13.9 Å². The molecule has 0 aliphatic carbocycles. The van der Waals surface area contributed by atoms with Crippen LogP contribution >= 0.6 is 11.8 Å². The second-order valence-electron chi connectivity index (χ2n) is 9.73. The van der Waals surface area contributed by atoms with Crippen LogP contribution in [-0.2, 0) is 20.9 Å². The van der Waals surface area contributed by atoms with Crippen LogP contribution in [0.25, 0.3) is 22.6 Å². The molecule has 0 spiro atoms. The van der Waals surface area contributed by atoms with Crippen LogP contribution in [0.5, 0.6) is 0 Å². The van der Waals surface area contributed by atoms with Gasteiger partial charge in [-0.3, -0.25) is 4.79 Å². The maximum absolute atomic E-state index is 13.4. The largest absolute Gasteiger partial charge is 0.480 e. The summed E-state index contributed by atoms with van der Waals surface area (Å²) in [6.45, 7) is 4.93. The molecule has 0 bridgehead atoms. The third-order valence-corrected chi connectivity index (χ3v) is 7.41. The quantitative estimate of drug-likeness (QED) is 0.161. The minimum atomic E-state index is -1.05. The van der Waals surface area contributed by atoms with Gasteiger partial charge in [-0.2, -0.15) is 11.8 Å². The molecule has 0 aliphatic heterocycles. The first-order valence-electron chi connectivity index (χ1n) is 13.8. The number of aliphatic carboxylic acids is 1. The van der Waals surface area contributed by atoms with Gasteiger partial charge >= 0.3 is 5.97 Å². The van der Waals surface area contributed by atoms with Crippen LogP contribution in [0.15, 0.2) is 83.4 Å². The number of carboxylic acid groups (broad SMARTS) is 1. The van der Waals surface area contributed by atoms with Crippen molar-refractivity contribution in [3.05, 3.63) is 101 Å². The molecule has 220 valence electrons. The molecule has 0 fully saturated rings. The average molecular weight is 589 g/mol. The van der Waals surface area contributed by atoms with Crippen molar-refractivity contribution in [3.8, 4) is 22.6 Å². The van der Waals surface area contributed by atoms with E-state index in [1.807, 2.05) is 86.8 Å². The lowest BCUT2D eigenvalue weighted by Crippen LogP contribution is -2.41. The van der Waals surface area contributed by atoms with Gasteiger partial charge in [0.05, 0.1) is 19.4 Å². The first kappa shape index (κ1) is 31.0. The Morgan fingerprint density at radius 2 is 1.81 bits per heavy atom. The number of amides is 1. The molecule has 1 heterocycles. The number of hydrogen-bond donors (Lipinski definition) is 2. The van der Waals surface area contributed by atoms with Gasteiger partial charge in [-0.05, 0) is 78.8 Å². The summed E-state index contributed by atoms with van der Waals surface area (Å²) in [7, 11) is 0. The summed E-state index contributed by atoms with van der Waals surface area (Å²) in [5, 5.41) is 12.4. The number of benzene rings is 3. The first-order chi connectivity index (χ1) is 20.4. The molecular formula is C33H36N2O6S. The van der Waals surface area contributed by atoms with Gasteiger partial charge in [0.2, 0.25) is 5.89 Å². The lowest BCUT2D eigenvalue weighted by atomic mass is 9.93. The molecule has 2 N–H and O–H groups in total. The van der Waals surface area contributed by atoms with E-state index in [1.165, 1.54) is 11.8 Å². The second-order valence-corrected chi connectivity index (χ2v) is 10.7. The van der Waals surface area contributed by atoms with Gasteiger partial charge in [-0.25, -0.2) is 9.78 Å². The molecule has 0 radical (unpaired) electrons.